The SMILES string of the molecule is C=CCCCCOC(=O)[C@H]1[C@H]2C(=O)N(CCCO)C(C(=O)N(CC=C)Cn3nnc4ccccc43)C23CC[C@]1(CC)O3. The van der Waals surface area contributed by atoms with E-state index >= 15 is 0 Å². The van der Waals surface area contributed by atoms with E-state index < -0.39 is 35.0 Å². The van der Waals surface area contributed by atoms with Crippen molar-refractivity contribution in [2.75, 3.05) is 26.3 Å². The van der Waals surface area contributed by atoms with Crippen molar-refractivity contribution in [3.05, 3.63) is 49.6 Å². The molecule has 0 aliphatic carbocycles. The van der Waals surface area contributed by atoms with Gasteiger partial charge in [0.2, 0.25) is 11.8 Å². The van der Waals surface area contributed by atoms with Gasteiger partial charge >= 0.3 is 5.97 Å². The molecule has 42 heavy (non-hydrogen) atoms. The lowest BCUT2D eigenvalue weighted by molar-refractivity contribution is -0.162. The van der Waals surface area contributed by atoms with E-state index in [-0.39, 0.29) is 44.8 Å². The number of amides is 2. The molecule has 4 heterocycles. The van der Waals surface area contributed by atoms with E-state index in [1.165, 1.54) is 4.90 Å². The van der Waals surface area contributed by atoms with Gasteiger partial charge in [0.1, 0.15) is 29.7 Å². The first-order valence-electron chi connectivity index (χ1n) is 14.9. The number of hydrogen-bond acceptors (Lipinski definition) is 8. The Hall–Kier alpha value is -3.57. The number of hydrogen-bond donors (Lipinski definition) is 1. The fourth-order valence-corrected chi connectivity index (χ4v) is 7.22. The van der Waals surface area contributed by atoms with Crippen LogP contribution < -0.4 is 0 Å². The summed E-state index contributed by atoms with van der Waals surface area (Å²) in [6.45, 7) is 10.1. The number of aliphatic hydroxyl groups excluding tert-OH is 1. The summed E-state index contributed by atoms with van der Waals surface area (Å²) < 4.78 is 14.2. The molecule has 3 saturated heterocycles. The molecule has 1 aromatic heterocycles. The first kappa shape index (κ1) is 29.9. The molecular formula is C31H41N5O6. The molecule has 2 amide bonds. The zero-order chi connectivity index (χ0) is 29.9. The van der Waals surface area contributed by atoms with Gasteiger partial charge in [0.15, 0.2) is 0 Å². The van der Waals surface area contributed by atoms with Crippen molar-refractivity contribution in [2.45, 2.75) is 75.8 Å². The highest BCUT2D eigenvalue weighted by molar-refractivity contribution is 5.98. The van der Waals surface area contributed by atoms with E-state index in [9.17, 15) is 19.5 Å². The number of aromatic nitrogens is 3. The van der Waals surface area contributed by atoms with E-state index in [0.29, 0.717) is 37.6 Å². The number of fused-ring (bicyclic) bond motifs is 2. The highest BCUT2D eigenvalue weighted by Crippen LogP contribution is 2.64. The van der Waals surface area contributed by atoms with Crippen LogP contribution in [0.4, 0.5) is 0 Å². The Morgan fingerprint density at radius 2 is 2.02 bits per heavy atom. The Kier molecular flexibility index (Phi) is 8.79. The summed E-state index contributed by atoms with van der Waals surface area (Å²) in [6.07, 6.45) is 7.70. The van der Waals surface area contributed by atoms with Gasteiger partial charge in [0.25, 0.3) is 0 Å². The number of para-hydroxylation sites is 1. The fourth-order valence-electron chi connectivity index (χ4n) is 7.22. The van der Waals surface area contributed by atoms with Gasteiger partial charge in [-0.3, -0.25) is 14.4 Å². The highest BCUT2D eigenvalue weighted by atomic mass is 16.6. The normalized spacial score (nSPS) is 27.8. The second-order valence-corrected chi connectivity index (χ2v) is 11.5. The largest absolute Gasteiger partial charge is 0.465 e. The molecule has 3 aliphatic rings. The van der Waals surface area contributed by atoms with E-state index in [2.05, 4.69) is 23.5 Å². The molecule has 3 fully saturated rings. The molecule has 0 radical (unpaired) electrons. The number of carbonyl (C=O) groups is 3. The third-order valence-electron chi connectivity index (χ3n) is 9.16. The number of esters is 1. The monoisotopic (exact) mass is 579 g/mol. The standard InChI is InChI=1S/C31H41N5O6/c1-4-7-8-11-20-41-29(40)25-24-27(38)35(18-12-19-37)26(31(24)16-15-30(25,6-3)42-31)28(39)34(17-5-2)21-36-23-14-10-9-13-22(23)32-33-36/h4-5,9-10,13-14,24-26,37H,1-2,6-8,11-12,15-21H2,3H3/t24-,25+,26?,30-,31?/m0/s1. The molecular weight excluding hydrogens is 538 g/mol. The van der Waals surface area contributed by atoms with Crippen molar-refractivity contribution >= 4 is 28.8 Å². The highest BCUT2D eigenvalue weighted by Gasteiger charge is 2.79. The van der Waals surface area contributed by atoms with Gasteiger partial charge in [-0.2, -0.15) is 0 Å². The van der Waals surface area contributed by atoms with Crippen LogP contribution >= 0.6 is 0 Å². The molecule has 11 nitrogen and oxygen atoms in total. The van der Waals surface area contributed by atoms with Crippen molar-refractivity contribution in [1.82, 2.24) is 24.8 Å². The second-order valence-electron chi connectivity index (χ2n) is 11.5. The van der Waals surface area contributed by atoms with Crippen LogP contribution in [0.25, 0.3) is 11.0 Å². The van der Waals surface area contributed by atoms with Crippen molar-refractivity contribution in [3.8, 4) is 0 Å². The minimum atomic E-state index is -1.17. The Morgan fingerprint density at radius 3 is 2.76 bits per heavy atom. The maximum atomic E-state index is 14.5. The summed E-state index contributed by atoms with van der Waals surface area (Å²) in [5, 5.41) is 18.1. The average molecular weight is 580 g/mol. The predicted molar refractivity (Wildman–Crippen MR) is 155 cm³/mol. The molecule has 1 N–H and O–H groups in total. The summed E-state index contributed by atoms with van der Waals surface area (Å²) in [5.74, 6) is -2.69. The maximum Gasteiger partial charge on any atom is 0.312 e. The number of rotatable bonds is 15. The molecule has 1 aromatic carbocycles. The van der Waals surface area contributed by atoms with Crippen LogP contribution in [0, 0.1) is 11.8 Å². The first-order valence-corrected chi connectivity index (χ1v) is 14.9. The molecule has 0 saturated carbocycles. The maximum absolute atomic E-state index is 14.5. The van der Waals surface area contributed by atoms with E-state index in [1.807, 2.05) is 37.3 Å². The van der Waals surface area contributed by atoms with Gasteiger partial charge in [-0.25, -0.2) is 4.68 Å². The van der Waals surface area contributed by atoms with Crippen LogP contribution in [0.5, 0.6) is 0 Å². The van der Waals surface area contributed by atoms with Crippen LogP contribution in [0.2, 0.25) is 0 Å². The number of likely N-dealkylation sites (tertiary alicyclic amines) is 1. The van der Waals surface area contributed by atoms with Crippen LogP contribution in [0.1, 0.15) is 51.9 Å². The van der Waals surface area contributed by atoms with Crippen molar-refractivity contribution in [3.63, 3.8) is 0 Å². The number of carbonyl (C=O) groups excluding carboxylic acids is 3. The van der Waals surface area contributed by atoms with Crippen LogP contribution in [-0.2, 0) is 30.5 Å². The topological polar surface area (TPSA) is 127 Å². The molecule has 5 rings (SSSR count). The first-order chi connectivity index (χ1) is 20.4. The van der Waals surface area contributed by atoms with Gasteiger partial charge in [0.05, 0.1) is 23.6 Å². The van der Waals surface area contributed by atoms with E-state index in [1.54, 1.807) is 15.7 Å². The molecule has 2 unspecified atom stereocenters. The Balaban J connectivity index is 1.47. The van der Waals surface area contributed by atoms with Gasteiger partial charge < -0.3 is 24.4 Å². The Labute approximate surface area is 246 Å². The van der Waals surface area contributed by atoms with Crippen molar-refractivity contribution < 1.29 is 29.0 Å². The van der Waals surface area contributed by atoms with Crippen LogP contribution in [-0.4, -0.2) is 91.2 Å². The number of nitrogens with zero attached hydrogens (tertiary/aromatic N) is 5. The van der Waals surface area contributed by atoms with Gasteiger partial charge in [-0.15, -0.1) is 18.3 Å². The lowest BCUT2D eigenvalue weighted by Crippen LogP contribution is -2.56. The molecule has 1 spiro atoms. The Morgan fingerprint density at radius 1 is 1.21 bits per heavy atom. The van der Waals surface area contributed by atoms with E-state index in [4.69, 9.17) is 9.47 Å². The van der Waals surface area contributed by atoms with E-state index in [0.717, 1.165) is 18.4 Å². The zero-order valence-corrected chi connectivity index (χ0v) is 24.3. The zero-order valence-electron chi connectivity index (χ0n) is 24.3. The summed E-state index contributed by atoms with van der Waals surface area (Å²) in [6, 6.07) is 6.52. The van der Waals surface area contributed by atoms with Crippen LogP contribution in [0.15, 0.2) is 49.6 Å². The minimum Gasteiger partial charge on any atom is -0.465 e. The number of allylic oxidation sites excluding steroid dienone is 1. The second kappa shape index (κ2) is 12.3. The van der Waals surface area contributed by atoms with Crippen molar-refractivity contribution in [2.24, 2.45) is 11.8 Å². The third-order valence-corrected chi connectivity index (χ3v) is 9.16. The lowest BCUT2D eigenvalue weighted by atomic mass is 9.65. The molecule has 2 aromatic rings. The lowest BCUT2D eigenvalue weighted by Gasteiger charge is -2.36. The van der Waals surface area contributed by atoms with Crippen molar-refractivity contribution in [1.29, 1.82) is 0 Å². The fraction of sp³-hybridized carbons (Fsp3) is 0.581. The van der Waals surface area contributed by atoms with Gasteiger partial charge in [-0.05, 0) is 57.1 Å². The number of aliphatic hydroxyl groups is 1. The minimum absolute atomic E-state index is 0.0970. The number of unbranched alkanes of at least 4 members (excludes halogenated alkanes) is 2. The van der Waals surface area contributed by atoms with Crippen LogP contribution in [0.3, 0.4) is 0 Å². The predicted octanol–water partition coefficient (Wildman–Crippen LogP) is 2.84. The quantitative estimate of drug-likeness (QED) is 0.194. The third kappa shape index (κ3) is 4.92. The molecule has 226 valence electrons. The summed E-state index contributed by atoms with van der Waals surface area (Å²) >= 11 is 0. The van der Waals surface area contributed by atoms with Gasteiger partial charge in [0, 0.05) is 19.7 Å². The van der Waals surface area contributed by atoms with Gasteiger partial charge in [-0.1, -0.05) is 36.4 Å². The summed E-state index contributed by atoms with van der Waals surface area (Å²) in [7, 11) is 0. The summed E-state index contributed by atoms with van der Waals surface area (Å²) in [5.41, 5.74) is -0.563. The number of benzene rings is 1. The molecule has 5 atom stereocenters. The summed E-state index contributed by atoms with van der Waals surface area (Å²) in [4.78, 5) is 45.5. The molecule has 11 heteroatoms. The smallest absolute Gasteiger partial charge is 0.312 e. The molecule has 3 aliphatic heterocycles. The average Bonchev–Trinajstić information content (AvgIpc) is 3.72. The Bertz CT molecular complexity index is 1340. The molecule has 2 bridgehead atoms. The number of ether oxygens (including phenoxy) is 2.